The Labute approximate surface area is 135 Å². The van der Waals surface area contributed by atoms with Crippen molar-refractivity contribution in [2.75, 3.05) is 7.05 Å². The maximum absolute atomic E-state index is 12.7. The second-order valence-corrected chi connectivity index (χ2v) is 6.00. The summed E-state index contributed by atoms with van der Waals surface area (Å²) in [6.45, 7) is 4.45. The van der Waals surface area contributed by atoms with Crippen LogP contribution in [0.4, 0.5) is 0 Å². The Kier molecular flexibility index (Phi) is 3.86. The first kappa shape index (κ1) is 15.2. The summed E-state index contributed by atoms with van der Waals surface area (Å²) >= 11 is 0. The van der Waals surface area contributed by atoms with Crippen molar-refractivity contribution in [2.45, 2.75) is 20.4 Å². The Hall–Kier alpha value is -2.69. The Balaban J connectivity index is 1.90. The first-order valence-corrected chi connectivity index (χ1v) is 7.55. The zero-order valence-corrected chi connectivity index (χ0v) is 13.9. The maximum Gasteiger partial charge on any atom is 0.255 e. The van der Waals surface area contributed by atoms with Crippen molar-refractivity contribution in [3.05, 3.63) is 59.0 Å². The van der Waals surface area contributed by atoms with Gasteiger partial charge in [-0.2, -0.15) is 5.10 Å². The first-order valence-electron chi connectivity index (χ1n) is 7.55. The fourth-order valence-electron chi connectivity index (χ4n) is 2.69. The highest BCUT2D eigenvalue weighted by atomic mass is 16.2. The van der Waals surface area contributed by atoms with E-state index in [2.05, 4.69) is 10.1 Å². The molecule has 5 heteroatoms. The van der Waals surface area contributed by atoms with Crippen molar-refractivity contribution < 1.29 is 4.79 Å². The van der Waals surface area contributed by atoms with Crippen molar-refractivity contribution in [3.8, 4) is 0 Å². The second-order valence-electron chi connectivity index (χ2n) is 6.00. The van der Waals surface area contributed by atoms with Gasteiger partial charge in [-0.25, -0.2) is 0 Å². The van der Waals surface area contributed by atoms with Crippen molar-refractivity contribution in [1.82, 2.24) is 19.7 Å². The fourth-order valence-corrected chi connectivity index (χ4v) is 2.69. The standard InChI is InChI=1S/C18H20N4O/c1-12-5-6-15-8-16(13(2)20-17(15)7-12)18(23)21(3)10-14-9-19-22(4)11-14/h5-9,11H,10H2,1-4H3. The third-order valence-electron chi connectivity index (χ3n) is 3.92. The Morgan fingerprint density at radius 3 is 2.74 bits per heavy atom. The van der Waals surface area contributed by atoms with E-state index < -0.39 is 0 Å². The predicted molar refractivity (Wildman–Crippen MR) is 90.2 cm³/mol. The van der Waals surface area contributed by atoms with Gasteiger partial charge in [0.05, 0.1) is 23.0 Å². The average molecular weight is 308 g/mol. The van der Waals surface area contributed by atoms with Gasteiger partial charge in [0.2, 0.25) is 0 Å². The Morgan fingerprint density at radius 2 is 2.04 bits per heavy atom. The number of rotatable bonds is 3. The van der Waals surface area contributed by atoms with Crippen LogP contribution in [0.3, 0.4) is 0 Å². The molecular weight excluding hydrogens is 288 g/mol. The summed E-state index contributed by atoms with van der Waals surface area (Å²) in [6, 6.07) is 8.01. The van der Waals surface area contributed by atoms with E-state index in [-0.39, 0.29) is 5.91 Å². The van der Waals surface area contributed by atoms with E-state index >= 15 is 0 Å². The van der Waals surface area contributed by atoms with Crippen LogP contribution in [-0.2, 0) is 13.6 Å². The number of benzene rings is 1. The van der Waals surface area contributed by atoms with E-state index in [1.807, 2.05) is 51.4 Å². The van der Waals surface area contributed by atoms with E-state index in [0.717, 1.165) is 27.7 Å². The van der Waals surface area contributed by atoms with Gasteiger partial charge in [-0.05, 0) is 31.5 Å². The molecule has 2 heterocycles. The smallest absolute Gasteiger partial charge is 0.255 e. The topological polar surface area (TPSA) is 51.0 Å². The highest BCUT2D eigenvalue weighted by Gasteiger charge is 2.16. The number of aromatic nitrogens is 3. The molecule has 0 unspecified atom stereocenters. The third-order valence-corrected chi connectivity index (χ3v) is 3.92. The number of hydrogen-bond acceptors (Lipinski definition) is 3. The fraction of sp³-hybridized carbons (Fsp3) is 0.278. The van der Waals surface area contributed by atoms with E-state index in [0.29, 0.717) is 12.1 Å². The molecule has 0 bridgehead atoms. The Bertz CT molecular complexity index is 882. The average Bonchev–Trinajstić information content (AvgIpc) is 2.90. The number of hydrogen-bond donors (Lipinski definition) is 0. The molecule has 0 fully saturated rings. The van der Waals surface area contributed by atoms with Crippen LogP contribution in [0.25, 0.3) is 10.9 Å². The zero-order valence-electron chi connectivity index (χ0n) is 13.9. The van der Waals surface area contributed by atoms with Crippen LogP contribution in [0.15, 0.2) is 36.7 Å². The van der Waals surface area contributed by atoms with E-state index in [1.54, 1.807) is 22.8 Å². The van der Waals surface area contributed by atoms with Gasteiger partial charge >= 0.3 is 0 Å². The molecule has 0 spiro atoms. The third kappa shape index (κ3) is 3.08. The minimum atomic E-state index is -0.0265. The number of amides is 1. The van der Waals surface area contributed by atoms with Crippen LogP contribution in [-0.4, -0.2) is 32.6 Å². The lowest BCUT2D eigenvalue weighted by molar-refractivity contribution is 0.0784. The molecule has 5 nitrogen and oxygen atoms in total. The van der Waals surface area contributed by atoms with Gasteiger partial charge in [0.1, 0.15) is 0 Å². The van der Waals surface area contributed by atoms with Gasteiger partial charge in [-0.15, -0.1) is 0 Å². The molecule has 23 heavy (non-hydrogen) atoms. The molecule has 0 radical (unpaired) electrons. The van der Waals surface area contributed by atoms with Gasteiger partial charge < -0.3 is 4.90 Å². The number of aryl methyl sites for hydroxylation is 3. The summed E-state index contributed by atoms with van der Waals surface area (Å²) in [5, 5.41) is 5.12. The molecule has 0 aliphatic rings. The number of nitrogens with zero attached hydrogens (tertiary/aromatic N) is 4. The molecule has 2 aromatic heterocycles. The molecule has 0 saturated carbocycles. The summed E-state index contributed by atoms with van der Waals surface area (Å²) in [5.74, 6) is -0.0265. The molecule has 0 N–H and O–H groups in total. The van der Waals surface area contributed by atoms with E-state index in [1.165, 1.54) is 0 Å². The molecule has 118 valence electrons. The van der Waals surface area contributed by atoms with Gasteiger partial charge in [0.15, 0.2) is 0 Å². The molecule has 0 aliphatic carbocycles. The van der Waals surface area contributed by atoms with Crippen LogP contribution < -0.4 is 0 Å². The minimum Gasteiger partial charge on any atom is -0.337 e. The van der Waals surface area contributed by atoms with Crippen LogP contribution in [0.2, 0.25) is 0 Å². The molecule has 0 saturated heterocycles. The highest BCUT2D eigenvalue weighted by molar-refractivity contribution is 5.98. The van der Waals surface area contributed by atoms with E-state index in [4.69, 9.17) is 0 Å². The monoisotopic (exact) mass is 308 g/mol. The molecule has 3 rings (SSSR count). The molecule has 0 atom stereocenters. The summed E-state index contributed by atoms with van der Waals surface area (Å²) in [6.07, 6.45) is 3.69. The molecular formula is C18H20N4O. The normalized spacial score (nSPS) is 11.0. The first-order chi connectivity index (χ1) is 10.9. The summed E-state index contributed by atoms with van der Waals surface area (Å²) in [4.78, 5) is 19.0. The Morgan fingerprint density at radius 1 is 1.26 bits per heavy atom. The quantitative estimate of drug-likeness (QED) is 0.747. The van der Waals surface area contributed by atoms with Crippen LogP contribution in [0.1, 0.15) is 27.2 Å². The molecule has 0 aliphatic heterocycles. The van der Waals surface area contributed by atoms with Crippen LogP contribution in [0.5, 0.6) is 0 Å². The SMILES string of the molecule is Cc1ccc2cc(C(=O)N(C)Cc3cnn(C)c3)c(C)nc2c1. The zero-order chi connectivity index (χ0) is 16.6. The van der Waals surface area contributed by atoms with Crippen molar-refractivity contribution in [2.24, 2.45) is 7.05 Å². The molecule has 3 aromatic rings. The molecule has 1 amide bonds. The van der Waals surface area contributed by atoms with E-state index in [9.17, 15) is 4.79 Å². The second kappa shape index (κ2) is 5.83. The highest BCUT2D eigenvalue weighted by Crippen LogP contribution is 2.19. The van der Waals surface area contributed by atoms with Gasteiger partial charge in [0, 0.05) is 37.8 Å². The number of pyridine rings is 1. The predicted octanol–water partition coefficient (Wildman–Crippen LogP) is 2.86. The van der Waals surface area contributed by atoms with Crippen molar-refractivity contribution in [3.63, 3.8) is 0 Å². The lowest BCUT2D eigenvalue weighted by atomic mass is 10.1. The maximum atomic E-state index is 12.7. The van der Waals surface area contributed by atoms with Gasteiger partial charge in [-0.3, -0.25) is 14.5 Å². The lowest BCUT2D eigenvalue weighted by Gasteiger charge is -2.17. The lowest BCUT2D eigenvalue weighted by Crippen LogP contribution is -2.27. The van der Waals surface area contributed by atoms with Crippen LogP contribution >= 0.6 is 0 Å². The minimum absolute atomic E-state index is 0.0265. The van der Waals surface area contributed by atoms with Crippen molar-refractivity contribution >= 4 is 16.8 Å². The van der Waals surface area contributed by atoms with Crippen LogP contribution in [0, 0.1) is 13.8 Å². The largest absolute Gasteiger partial charge is 0.337 e. The number of carbonyl (C=O) groups is 1. The van der Waals surface area contributed by atoms with Crippen molar-refractivity contribution in [1.29, 1.82) is 0 Å². The summed E-state index contributed by atoms with van der Waals surface area (Å²) in [7, 11) is 3.67. The summed E-state index contributed by atoms with van der Waals surface area (Å²) in [5.41, 5.74) is 4.50. The summed E-state index contributed by atoms with van der Waals surface area (Å²) < 4.78 is 1.73. The van der Waals surface area contributed by atoms with Gasteiger partial charge in [-0.1, -0.05) is 12.1 Å². The number of carbonyl (C=O) groups excluding carboxylic acids is 1. The van der Waals surface area contributed by atoms with Gasteiger partial charge in [0.25, 0.3) is 5.91 Å². The number of fused-ring (bicyclic) bond motifs is 1. The molecule has 1 aromatic carbocycles.